The van der Waals surface area contributed by atoms with E-state index in [-0.39, 0.29) is 11.2 Å². The van der Waals surface area contributed by atoms with E-state index < -0.39 is 23.3 Å². The molecule has 1 amide bonds. The number of halogens is 4. The molecule has 0 fully saturated rings. The van der Waals surface area contributed by atoms with Gasteiger partial charge in [-0.05, 0) is 26.0 Å². The average molecular weight is 267 g/mol. The summed E-state index contributed by atoms with van der Waals surface area (Å²) in [7, 11) is 0. The topological polar surface area (TPSA) is 42.0 Å². The third-order valence-electron chi connectivity index (χ3n) is 1.79. The molecule has 1 rings (SSSR count). The van der Waals surface area contributed by atoms with Crippen molar-refractivity contribution in [3.05, 3.63) is 28.5 Å². The van der Waals surface area contributed by atoms with Crippen LogP contribution < -0.4 is 5.32 Å². The molecule has 0 saturated carbocycles. The number of hydrogen-bond donors (Lipinski definition) is 1. The molecule has 1 aromatic rings. The Morgan fingerprint density at radius 1 is 1.41 bits per heavy atom. The summed E-state index contributed by atoms with van der Waals surface area (Å²) in [6.07, 6.45) is -4.71. The number of carbonyl (C=O) groups is 1. The number of nitrogens with one attached hydrogen (secondary N) is 1. The number of aromatic nitrogens is 1. The van der Waals surface area contributed by atoms with Crippen LogP contribution in [0.3, 0.4) is 0 Å². The van der Waals surface area contributed by atoms with E-state index in [0.29, 0.717) is 0 Å². The SMILES string of the molecule is CC(C)NC(=O)c1ccc(Cl)nc1C(F)(F)F. The number of hydrogen-bond acceptors (Lipinski definition) is 2. The van der Waals surface area contributed by atoms with Gasteiger partial charge in [0.05, 0.1) is 5.56 Å². The van der Waals surface area contributed by atoms with Gasteiger partial charge in [0.15, 0.2) is 5.69 Å². The first-order chi connectivity index (χ1) is 7.71. The fraction of sp³-hybridized carbons (Fsp3) is 0.400. The largest absolute Gasteiger partial charge is 0.434 e. The maximum Gasteiger partial charge on any atom is 0.434 e. The van der Waals surface area contributed by atoms with Gasteiger partial charge in [0.1, 0.15) is 5.15 Å². The van der Waals surface area contributed by atoms with Crippen molar-refractivity contribution in [1.82, 2.24) is 10.3 Å². The maximum atomic E-state index is 12.6. The summed E-state index contributed by atoms with van der Waals surface area (Å²) in [4.78, 5) is 14.7. The highest BCUT2D eigenvalue weighted by Gasteiger charge is 2.37. The molecule has 0 aliphatic carbocycles. The van der Waals surface area contributed by atoms with Crippen LogP contribution in [0, 0.1) is 0 Å². The Kier molecular flexibility index (Phi) is 3.98. The minimum Gasteiger partial charge on any atom is -0.350 e. The first-order valence-electron chi connectivity index (χ1n) is 4.76. The van der Waals surface area contributed by atoms with Crippen LogP contribution >= 0.6 is 11.6 Å². The number of rotatable bonds is 2. The van der Waals surface area contributed by atoms with Gasteiger partial charge in [0.2, 0.25) is 0 Å². The Hall–Kier alpha value is -1.30. The van der Waals surface area contributed by atoms with E-state index in [1.165, 1.54) is 0 Å². The van der Waals surface area contributed by atoms with E-state index in [4.69, 9.17) is 11.6 Å². The fourth-order valence-electron chi connectivity index (χ4n) is 1.17. The van der Waals surface area contributed by atoms with Crippen molar-refractivity contribution in [3.63, 3.8) is 0 Å². The second-order valence-electron chi connectivity index (χ2n) is 3.66. The first-order valence-corrected chi connectivity index (χ1v) is 5.14. The molecule has 7 heteroatoms. The van der Waals surface area contributed by atoms with E-state index in [1.807, 2.05) is 0 Å². The van der Waals surface area contributed by atoms with Crippen molar-refractivity contribution < 1.29 is 18.0 Å². The van der Waals surface area contributed by atoms with Gasteiger partial charge in [0, 0.05) is 6.04 Å². The van der Waals surface area contributed by atoms with Crippen LogP contribution in [0.2, 0.25) is 5.15 Å². The van der Waals surface area contributed by atoms with Crippen molar-refractivity contribution in [2.45, 2.75) is 26.1 Å². The zero-order chi connectivity index (χ0) is 13.2. The summed E-state index contributed by atoms with van der Waals surface area (Å²) in [6.45, 7) is 3.29. The molecule has 94 valence electrons. The molecule has 0 unspecified atom stereocenters. The number of pyridine rings is 1. The highest BCUT2D eigenvalue weighted by Crippen LogP contribution is 2.31. The van der Waals surface area contributed by atoms with E-state index in [9.17, 15) is 18.0 Å². The van der Waals surface area contributed by atoms with Gasteiger partial charge in [-0.1, -0.05) is 11.6 Å². The van der Waals surface area contributed by atoms with Crippen LogP contribution in [0.15, 0.2) is 12.1 Å². The third-order valence-corrected chi connectivity index (χ3v) is 2.00. The third kappa shape index (κ3) is 3.59. The lowest BCUT2D eigenvalue weighted by molar-refractivity contribution is -0.141. The summed E-state index contributed by atoms with van der Waals surface area (Å²) >= 11 is 5.39. The van der Waals surface area contributed by atoms with Crippen LogP contribution in [-0.2, 0) is 6.18 Å². The summed E-state index contributed by atoms with van der Waals surface area (Å²) < 4.78 is 37.9. The van der Waals surface area contributed by atoms with Crippen LogP contribution in [0.25, 0.3) is 0 Å². The van der Waals surface area contributed by atoms with E-state index in [1.54, 1.807) is 13.8 Å². The fourth-order valence-corrected chi connectivity index (χ4v) is 1.32. The van der Waals surface area contributed by atoms with Crippen molar-refractivity contribution in [1.29, 1.82) is 0 Å². The molecule has 0 aliphatic heterocycles. The molecule has 0 bridgehead atoms. The Balaban J connectivity index is 3.20. The quantitative estimate of drug-likeness (QED) is 0.837. The lowest BCUT2D eigenvalue weighted by Gasteiger charge is -2.13. The standard InChI is InChI=1S/C10H10ClF3N2O/c1-5(2)15-9(17)6-3-4-7(11)16-8(6)10(12,13)14/h3-5H,1-2H3,(H,15,17). The Morgan fingerprint density at radius 2 is 2.00 bits per heavy atom. The smallest absolute Gasteiger partial charge is 0.350 e. The molecule has 0 saturated heterocycles. The van der Waals surface area contributed by atoms with Gasteiger partial charge in [-0.15, -0.1) is 0 Å². The van der Waals surface area contributed by atoms with E-state index in [0.717, 1.165) is 12.1 Å². The van der Waals surface area contributed by atoms with Crippen molar-refractivity contribution in [3.8, 4) is 0 Å². The van der Waals surface area contributed by atoms with E-state index >= 15 is 0 Å². The highest BCUT2D eigenvalue weighted by molar-refractivity contribution is 6.29. The van der Waals surface area contributed by atoms with Gasteiger partial charge >= 0.3 is 6.18 Å². The summed E-state index contributed by atoms with van der Waals surface area (Å²) in [5, 5.41) is 2.06. The average Bonchev–Trinajstić information content (AvgIpc) is 2.14. The summed E-state index contributed by atoms with van der Waals surface area (Å²) in [5.41, 5.74) is -1.81. The van der Waals surface area contributed by atoms with Gasteiger partial charge in [-0.2, -0.15) is 13.2 Å². The zero-order valence-electron chi connectivity index (χ0n) is 9.10. The van der Waals surface area contributed by atoms with Crippen LogP contribution in [0.5, 0.6) is 0 Å². The minimum absolute atomic E-state index is 0.265. The highest BCUT2D eigenvalue weighted by atomic mass is 35.5. The molecule has 1 N–H and O–H groups in total. The molecule has 0 spiro atoms. The summed E-state index contributed by atoms with van der Waals surface area (Å²) in [6, 6.07) is 1.89. The van der Waals surface area contributed by atoms with Gasteiger partial charge < -0.3 is 5.32 Å². The molecule has 0 radical (unpaired) electrons. The molecule has 0 atom stereocenters. The maximum absolute atomic E-state index is 12.6. The van der Waals surface area contributed by atoms with Crippen molar-refractivity contribution in [2.24, 2.45) is 0 Å². The predicted molar refractivity (Wildman–Crippen MR) is 56.9 cm³/mol. The normalized spacial score (nSPS) is 11.7. The molecular formula is C10H10ClF3N2O. The van der Waals surface area contributed by atoms with Crippen LogP contribution in [-0.4, -0.2) is 16.9 Å². The van der Waals surface area contributed by atoms with Gasteiger partial charge in [-0.25, -0.2) is 4.98 Å². The Bertz CT molecular complexity index is 432. The van der Waals surface area contributed by atoms with E-state index in [2.05, 4.69) is 10.3 Å². The molecular weight excluding hydrogens is 257 g/mol. The lowest BCUT2D eigenvalue weighted by atomic mass is 10.1. The number of nitrogens with zero attached hydrogens (tertiary/aromatic N) is 1. The molecule has 1 heterocycles. The number of amides is 1. The van der Waals surface area contributed by atoms with Crippen LogP contribution in [0.4, 0.5) is 13.2 Å². The predicted octanol–water partition coefficient (Wildman–Crippen LogP) is 2.89. The Labute approximate surface area is 101 Å². The monoisotopic (exact) mass is 266 g/mol. The molecule has 0 aliphatic rings. The number of alkyl halides is 3. The lowest BCUT2D eigenvalue weighted by Crippen LogP contribution is -2.32. The second kappa shape index (κ2) is 4.91. The second-order valence-corrected chi connectivity index (χ2v) is 4.04. The number of carbonyl (C=O) groups excluding carboxylic acids is 1. The van der Waals surface area contributed by atoms with Gasteiger partial charge in [-0.3, -0.25) is 4.79 Å². The molecule has 0 aromatic carbocycles. The molecule has 1 aromatic heterocycles. The van der Waals surface area contributed by atoms with Crippen molar-refractivity contribution in [2.75, 3.05) is 0 Å². The van der Waals surface area contributed by atoms with Gasteiger partial charge in [0.25, 0.3) is 5.91 Å². The first kappa shape index (κ1) is 13.8. The summed E-state index contributed by atoms with van der Waals surface area (Å²) in [5.74, 6) is -0.823. The van der Waals surface area contributed by atoms with Crippen LogP contribution in [0.1, 0.15) is 29.9 Å². The van der Waals surface area contributed by atoms with Crippen molar-refractivity contribution >= 4 is 17.5 Å². The molecule has 3 nitrogen and oxygen atoms in total. The Morgan fingerprint density at radius 3 is 2.47 bits per heavy atom. The minimum atomic E-state index is -4.71. The molecule has 17 heavy (non-hydrogen) atoms. The zero-order valence-corrected chi connectivity index (χ0v) is 9.86.